The quantitative estimate of drug-likeness (QED) is 0.826. The van der Waals surface area contributed by atoms with Crippen LogP contribution in [0.5, 0.6) is 11.5 Å². The smallest absolute Gasteiger partial charge is 0.457 e. The molecule has 3 rings (SSSR count). The molecule has 0 atom stereocenters. The largest absolute Gasteiger partial charge is 0.491 e. The number of hydrogen-bond donors (Lipinski definition) is 2. The summed E-state index contributed by atoms with van der Waals surface area (Å²) in [6.45, 7) is 0.378. The standard InChI is InChI=1S/C15H14BNO4/c1-17-15(18)10-2-4-12(5-3-10)21-13-6-7-14-11(8-13)9-20-16(14)19/h2-8,19H,9H2,1H3,(H,17,18). The van der Waals surface area contributed by atoms with Gasteiger partial charge in [0.15, 0.2) is 0 Å². The zero-order chi connectivity index (χ0) is 14.8. The van der Waals surface area contributed by atoms with E-state index in [1.165, 1.54) is 0 Å². The molecule has 0 aliphatic carbocycles. The lowest BCUT2D eigenvalue weighted by Crippen LogP contribution is -2.27. The number of carbonyl (C=O) groups excluding carboxylic acids is 1. The monoisotopic (exact) mass is 283 g/mol. The van der Waals surface area contributed by atoms with E-state index in [0.29, 0.717) is 23.7 Å². The Morgan fingerprint density at radius 2 is 1.95 bits per heavy atom. The minimum Gasteiger partial charge on any atom is -0.457 e. The Balaban J connectivity index is 1.76. The normalized spacial score (nSPS) is 13.0. The minimum atomic E-state index is -0.846. The van der Waals surface area contributed by atoms with E-state index in [-0.39, 0.29) is 5.91 Å². The molecule has 1 aliphatic rings. The van der Waals surface area contributed by atoms with Crippen molar-refractivity contribution >= 4 is 18.5 Å². The van der Waals surface area contributed by atoms with Crippen molar-refractivity contribution in [2.45, 2.75) is 6.61 Å². The number of rotatable bonds is 3. The Hall–Kier alpha value is -2.31. The summed E-state index contributed by atoms with van der Waals surface area (Å²) in [6.07, 6.45) is 0. The van der Waals surface area contributed by atoms with E-state index < -0.39 is 7.12 Å². The first-order valence-corrected chi connectivity index (χ1v) is 6.60. The van der Waals surface area contributed by atoms with Crippen LogP contribution in [0.4, 0.5) is 0 Å². The highest BCUT2D eigenvalue weighted by Crippen LogP contribution is 2.24. The van der Waals surface area contributed by atoms with Crippen molar-refractivity contribution < 1.29 is 19.2 Å². The predicted molar refractivity (Wildman–Crippen MR) is 78.7 cm³/mol. The van der Waals surface area contributed by atoms with Crippen LogP contribution in [0.25, 0.3) is 0 Å². The number of benzene rings is 2. The summed E-state index contributed by atoms with van der Waals surface area (Å²) in [5.41, 5.74) is 2.27. The molecular weight excluding hydrogens is 269 g/mol. The SMILES string of the molecule is CNC(=O)c1ccc(Oc2ccc3c(c2)COB3O)cc1. The lowest BCUT2D eigenvalue weighted by molar-refractivity contribution is 0.0963. The van der Waals surface area contributed by atoms with Crippen molar-refractivity contribution in [2.75, 3.05) is 7.05 Å². The maximum atomic E-state index is 11.5. The third-order valence-electron chi connectivity index (χ3n) is 3.36. The van der Waals surface area contributed by atoms with Gasteiger partial charge in [-0.15, -0.1) is 0 Å². The molecule has 0 bridgehead atoms. The lowest BCUT2D eigenvalue weighted by atomic mass is 9.80. The Kier molecular flexibility index (Phi) is 3.64. The molecular formula is C15H14BNO4. The second kappa shape index (κ2) is 5.59. The average Bonchev–Trinajstić information content (AvgIpc) is 2.88. The minimum absolute atomic E-state index is 0.134. The van der Waals surface area contributed by atoms with Crippen LogP contribution in [0, 0.1) is 0 Å². The molecule has 2 aromatic carbocycles. The molecule has 1 amide bonds. The van der Waals surface area contributed by atoms with Crippen molar-refractivity contribution in [1.82, 2.24) is 5.32 Å². The number of hydrogen-bond acceptors (Lipinski definition) is 4. The van der Waals surface area contributed by atoms with Gasteiger partial charge in [-0.05, 0) is 47.4 Å². The molecule has 1 heterocycles. The Morgan fingerprint density at radius 1 is 1.24 bits per heavy atom. The highest BCUT2D eigenvalue weighted by atomic mass is 16.5. The van der Waals surface area contributed by atoms with Gasteiger partial charge in [0.05, 0.1) is 6.61 Å². The van der Waals surface area contributed by atoms with Gasteiger partial charge in [0.25, 0.3) is 5.91 Å². The first kappa shape index (κ1) is 13.7. The van der Waals surface area contributed by atoms with Gasteiger partial charge in [-0.3, -0.25) is 4.79 Å². The second-order valence-corrected chi connectivity index (χ2v) is 4.73. The number of carbonyl (C=O) groups is 1. The molecule has 106 valence electrons. The van der Waals surface area contributed by atoms with Gasteiger partial charge >= 0.3 is 7.12 Å². The van der Waals surface area contributed by atoms with E-state index in [1.54, 1.807) is 43.4 Å². The summed E-state index contributed by atoms with van der Waals surface area (Å²) < 4.78 is 10.9. The maximum absolute atomic E-state index is 11.5. The molecule has 0 fully saturated rings. The highest BCUT2D eigenvalue weighted by Gasteiger charge is 2.27. The Labute approximate surface area is 122 Å². The summed E-state index contributed by atoms with van der Waals surface area (Å²) >= 11 is 0. The van der Waals surface area contributed by atoms with Crippen LogP contribution in [-0.2, 0) is 11.3 Å². The molecule has 5 nitrogen and oxygen atoms in total. The topological polar surface area (TPSA) is 67.8 Å². The van der Waals surface area contributed by atoms with E-state index in [4.69, 9.17) is 9.39 Å². The maximum Gasteiger partial charge on any atom is 0.491 e. The van der Waals surface area contributed by atoms with Crippen molar-refractivity contribution in [2.24, 2.45) is 0 Å². The van der Waals surface area contributed by atoms with E-state index >= 15 is 0 Å². The number of nitrogens with one attached hydrogen (secondary N) is 1. The molecule has 2 aromatic rings. The lowest BCUT2D eigenvalue weighted by Gasteiger charge is -2.08. The summed E-state index contributed by atoms with van der Waals surface area (Å²) in [6, 6.07) is 12.3. The molecule has 0 aromatic heterocycles. The molecule has 0 spiro atoms. The van der Waals surface area contributed by atoms with Crippen LogP contribution in [0.2, 0.25) is 0 Å². The van der Waals surface area contributed by atoms with Crippen LogP contribution in [0.3, 0.4) is 0 Å². The van der Waals surface area contributed by atoms with Gasteiger partial charge in [0, 0.05) is 12.6 Å². The van der Waals surface area contributed by atoms with E-state index in [2.05, 4.69) is 5.32 Å². The molecule has 2 N–H and O–H groups in total. The molecule has 1 aliphatic heterocycles. The summed E-state index contributed by atoms with van der Waals surface area (Å²) in [5.74, 6) is 1.17. The third-order valence-corrected chi connectivity index (χ3v) is 3.36. The van der Waals surface area contributed by atoms with Crippen LogP contribution in [0.1, 0.15) is 15.9 Å². The molecule has 6 heteroatoms. The Bertz CT molecular complexity index is 672. The molecule has 0 saturated carbocycles. The van der Waals surface area contributed by atoms with Crippen molar-refractivity contribution in [3.8, 4) is 11.5 Å². The molecule has 0 unspecified atom stereocenters. The average molecular weight is 283 g/mol. The predicted octanol–water partition coefficient (Wildman–Crippen LogP) is 1.06. The van der Waals surface area contributed by atoms with E-state index in [1.807, 2.05) is 6.07 Å². The number of fused-ring (bicyclic) bond motifs is 1. The highest BCUT2D eigenvalue weighted by molar-refractivity contribution is 6.61. The van der Waals surface area contributed by atoms with Crippen LogP contribution in [0.15, 0.2) is 42.5 Å². The van der Waals surface area contributed by atoms with E-state index in [0.717, 1.165) is 11.0 Å². The van der Waals surface area contributed by atoms with Gasteiger partial charge in [-0.25, -0.2) is 0 Å². The Morgan fingerprint density at radius 3 is 2.67 bits per heavy atom. The summed E-state index contributed by atoms with van der Waals surface area (Å²) in [7, 11) is 0.745. The van der Waals surface area contributed by atoms with Gasteiger partial charge in [-0.1, -0.05) is 6.07 Å². The fourth-order valence-electron chi connectivity index (χ4n) is 2.22. The van der Waals surface area contributed by atoms with Crippen molar-refractivity contribution in [3.05, 3.63) is 53.6 Å². The van der Waals surface area contributed by atoms with Crippen LogP contribution < -0.4 is 15.5 Å². The second-order valence-electron chi connectivity index (χ2n) is 4.73. The molecule has 21 heavy (non-hydrogen) atoms. The first-order chi connectivity index (χ1) is 10.2. The first-order valence-electron chi connectivity index (χ1n) is 6.60. The third kappa shape index (κ3) is 2.77. The zero-order valence-electron chi connectivity index (χ0n) is 11.5. The van der Waals surface area contributed by atoms with Gasteiger partial charge in [0.1, 0.15) is 11.5 Å². The molecule has 0 saturated heterocycles. The fourth-order valence-corrected chi connectivity index (χ4v) is 2.22. The van der Waals surface area contributed by atoms with E-state index in [9.17, 15) is 9.82 Å². The molecule has 0 radical (unpaired) electrons. The van der Waals surface area contributed by atoms with Crippen LogP contribution in [-0.4, -0.2) is 25.1 Å². The summed E-state index contributed by atoms with van der Waals surface area (Å²) in [5, 5.41) is 12.1. The van der Waals surface area contributed by atoms with Crippen molar-refractivity contribution in [3.63, 3.8) is 0 Å². The van der Waals surface area contributed by atoms with Gasteiger partial charge in [-0.2, -0.15) is 0 Å². The fraction of sp³-hybridized carbons (Fsp3) is 0.133. The summed E-state index contributed by atoms with van der Waals surface area (Å²) in [4.78, 5) is 11.5. The van der Waals surface area contributed by atoms with Gasteiger partial charge < -0.3 is 19.7 Å². The van der Waals surface area contributed by atoms with Crippen LogP contribution >= 0.6 is 0 Å². The number of amides is 1. The number of ether oxygens (including phenoxy) is 1. The van der Waals surface area contributed by atoms with Gasteiger partial charge in [0.2, 0.25) is 0 Å². The van der Waals surface area contributed by atoms with Crippen molar-refractivity contribution in [1.29, 1.82) is 0 Å². The zero-order valence-corrected chi connectivity index (χ0v) is 11.5.